The Morgan fingerprint density at radius 2 is 1.75 bits per heavy atom. The van der Waals surface area contributed by atoms with E-state index in [2.05, 4.69) is 0 Å². The van der Waals surface area contributed by atoms with E-state index in [1.165, 1.54) is 0 Å². The van der Waals surface area contributed by atoms with Crippen molar-refractivity contribution in [3.05, 3.63) is 76.8 Å². The van der Waals surface area contributed by atoms with E-state index in [1.54, 1.807) is 37.3 Å². The number of rotatable bonds is 5. The van der Waals surface area contributed by atoms with E-state index in [9.17, 15) is 14.4 Å². The number of benzene rings is 3. The summed E-state index contributed by atoms with van der Waals surface area (Å²) in [6, 6.07) is 17.8. The molecule has 6 heteroatoms. The molecule has 0 aromatic heterocycles. The summed E-state index contributed by atoms with van der Waals surface area (Å²) in [5.74, 6) is -2.01. The first kappa shape index (κ1) is 20.7. The minimum absolute atomic E-state index is 0.0951. The quantitative estimate of drug-likeness (QED) is 0.228. The van der Waals surface area contributed by atoms with Crippen LogP contribution in [-0.2, 0) is 14.3 Å². The van der Waals surface area contributed by atoms with E-state index in [0.29, 0.717) is 21.9 Å². The van der Waals surface area contributed by atoms with Gasteiger partial charge < -0.3 is 9.47 Å². The Labute approximate surface area is 190 Å². The number of hydrogen-bond acceptors (Lipinski definition) is 5. The van der Waals surface area contributed by atoms with Crippen LogP contribution in [-0.4, -0.2) is 24.3 Å². The maximum atomic E-state index is 14.0. The highest BCUT2D eigenvalue weighted by atomic mass is 35.5. The van der Waals surface area contributed by atoms with Gasteiger partial charge in [-0.15, -0.1) is 0 Å². The number of carbonyl (C=O) groups excluding carboxylic acids is 3. The van der Waals surface area contributed by atoms with Crippen LogP contribution in [0.25, 0.3) is 10.8 Å². The van der Waals surface area contributed by atoms with Gasteiger partial charge in [0.2, 0.25) is 0 Å². The van der Waals surface area contributed by atoms with Crippen molar-refractivity contribution in [2.75, 3.05) is 6.61 Å². The van der Waals surface area contributed by atoms with Gasteiger partial charge in [0, 0.05) is 22.1 Å². The third-order valence-electron chi connectivity index (χ3n) is 6.96. The van der Waals surface area contributed by atoms with Gasteiger partial charge in [-0.3, -0.25) is 14.4 Å². The SMILES string of the molecule is CCOC(=O)[C@]12C(=O)Oc3ccc4ccccc4c3[C@H]1[C@@]2(CC)C(=O)c1ccc(Cl)cc1. The second kappa shape index (κ2) is 7.17. The van der Waals surface area contributed by atoms with E-state index in [4.69, 9.17) is 21.1 Å². The fourth-order valence-corrected chi connectivity index (χ4v) is 5.71. The molecule has 32 heavy (non-hydrogen) atoms. The first-order valence-corrected chi connectivity index (χ1v) is 11.0. The number of fused-ring (bicyclic) bond motifs is 5. The molecule has 0 unspecified atom stereocenters. The number of Topliss-reactive ketones (excluding diaryl/α,β-unsaturated/α-hetero) is 1. The lowest BCUT2D eigenvalue weighted by Gasteiger charge is -2.23. The number of ether oxygens (including phenoxy) is 2. The molecular weight excluding hydrogens is 428 g/mol. The molecule has 2 aliphatic rings. The molecule has 1 fully saturated rings. The van der Waals surface area contributed by atoms with Crippen molar-refractivity contribution in [3.63, 3.8) is 0 Å². The van der Waals surface area contributed by atoms with Crippen LogP contribution in [0.2, 0.25) is 5.02 Å². The molecule has 3 aromatic carbocycles. The lowest BCUT2D eigenvalue weighted by Crippen LogP contribution is -2.40. The molecule has 0 bridgehead atoms. The van der Waals surface area contributed by atoms with Crippen molar-refractivity contribution in [3.8, 4) is 5.75 Å². The predicted octanol–water partition coefficient (Wildman–Crippen LogP) is 5.34. The Morgan fingerprint density at radius 1 is 1.03 bits per heavy atom. The Hall–Kier alpha value is -3.18. The zero-order chi connectivity index (χ0) is 22.7. The summed E-state index contributed by atoms with van der Waals surface area (Å²) in [5.41, 5.74) is -1.92. The summed E-state index contributed by atoms with van der Waals surface area (Å²) in [4.78, 5) is 40.8. The average molecular weight is 449 g/mol. The molecule has 1 aliphatic carbocycles. The van der Waals surface area contributed by atoms with Crippen LogP contribution in [0.5, 0.6) is 5.75 Å². The van der Waals surface area contributed by atoms with E-state index in [1.807, 2.05) is 37.3 Å². The summed E-state index contributed by atoms with van der Waals surface area (Å²) in [7, 11) is 0. The van der Waals surface area contributed by atoms with Gasteiger partial charge >= 0.3 is 11.9 Å². The van der Waals surface area contributed by atoms with Crippen molar-refractivity contribution < 1.29 is 23.9 Å². The maximum Gasteiger partial charge on any atom is 0.330 e. The molecule has 0 amide bonds. The normalized spacial score (nSPS) is 25.5. The number of esters is 2. The minimum Gasteiger partial charge on any atom is -0.465 e. The minimum atomic E-state index is -1.72. The largest absolute Gasteiger partial charge is 0.465 e. The number of ketones is 1. The third kappa shape index (κ3) is 2.43. The molecule has 0 saturated heterocycles. The second-order valence-corrected chi connectivity index (χ2v) is 8.65. The number of carbonyl (C=O) groups is 3. The van der Waals surface area contributed by atoms with E-state index >= 15 is 0 Å². The summed E-state index contributed by atoms with van der Waals surface area (Å²) in [5, 5.41) is 2.30. The van der Waals surface area contributed by atoms with E-state index in [0.717, 1.165) is 10.8 Å². The summed E-state index contributed by atoms with van der Waals surface area (Å²) < 4.78 is 11.1. The zero-order valence-corrected chi connectivity index (χ0v) is 18.4. The van der Waals surface area contributed by atoms with Gasteiger partial charge in [-0.25, -0.2) is 0 Å². The monoisotopic (exact) mass is 448 g/mol. The molecule has 5 nitrogen and oxygen atoms in total. The van der Waals surface area contributed by atoms with Crippen LogP contribution in [0.3, 0.4) is 0 Å². The molecule has 1 saturated carbocycles. The predicted molar refractivity (Wildman–Crippen MR) is 120 cm³/mol. The number of hydrogen-bond donors (Lipinski definition) is 0. The lowest BCUT2D eigenvalue weighted by molar-refractivity contribution is -0.162. The molecule has 3 aromatic rings. The first-order valence-electron chi connectivity index (χ1n) is 10.6. The smallest absolute Gasteiger partial charge is 0.330 e. The molecular formula is C26H21ClO5. The van der Waals surface area contributed by atoms with Crippen LogP contribution in [0.4, 0.5) is 0 Å². The Kier molecular flexibility index (Phi) is 4.64. The Morgan fingerprint density at radius 3 is 2.44 bits per heavy atom. The van der Waals surface area contributed by atoms with Crippen LogP contribution >= 0.6 is 11.6 Å². The summed E-state index contributed by atoms with van der Waals surface area (Å²) in [6.45, 7) is 3.60. The van der Waals surface area contributed by atoms with Gasteiger partial charge in [0.25, 0.3) is 0 Å². The second-order valence-electron chi connectivity index (χ2n) is 8.21. The molecule has 162 valence electrons. The van der Waals surface area contributed by atoms with Gasteiger partial charge in [-0.1, -0.05) is 48.9 Å². The third-order valence-corrected chi connectivity index (χ3v) is 7.21. The van der Waals surface area contributed by atoms with Crippen LogP contribution in [0, 0.1) is 10.8 Å². The highest BCUT2D eigenvalue weighted by Crippen LogP contribution is 2.80. The number of halogens is 1. The van der Waals surface area contributed by atoms with Crippen molar-refractivity contribution in [2.45, 2.75) is 26.2 Å². The van der Waals surface area contributed by atoms with E-state index < -0.39 is 28.7 Å². The topological polar surface area (TPSA) is 69.7 Å². The standard InChI is InChI=1S/C26H21ClO5/c1-3-25(22(28)16-9-12-17(27)13-10-16)21-20-18-8-6-5-7-15(18)11-14-19(20)32-24(30)26(21,25)23(29)31-4-2/h5-14,21H,3-4H2,1-2H3/t21-,25-,26-/m0/s1. The molecule has 0 spiro atoms. The molecule has 0 radical (unpaired) electrons. The van der Waals surface area contributed by atoms with Crippen LogP contribution in [0.1, 0.15) is 42.1 Å². The van der Waals surface area contributed by atoms with Gasteiger partial charge in [-0.05, 0) is 54.4 Å². The van der Waals surface area contributed by atoms with Crippen molar-refractivity contribution >= 4 is 40.1 Å². The summed E-state index contributed by atoms with van der Waals surface area (Å²) >= 11 is 6.02. The molecule has 5 rings (SSSR count). The molecule has 0 N–H and O–H groups in total. The Balaban J connectivity index is 1.79. The fourth-order valence-electron chi connectivity index (χ4n) is 5.58. The van der Waals surface area contributed by atoms with Gasteiger partial charge in [0.15, 0.2) is 11.2 Å². The molecule has 1 heterocycles. The Bertz CT molecular complexity index is 1280. The van der Waals surface area contributed by atoms with Crippen molar-refractivity contribution in [1.29, 1.82) is 0 Å². The van der Waals surface area contributed by atoms with Gasteiger partial charge in [0.1, 0.15) is 5.75 Å². The van der Waals surface area contributed by atoms with Gasteiger partial charge in [0.05, 0.1) is 12.0 Å². The highest BCUT2D eigenvalue weighted by Gasteiger charge is 2.90. The first-order chi connectivity index (χ1) is 15.4. The van der Waals surface area contributed by atoms with Crippen molar-refractivity contribution in [1.82, 2.24) is 0 Å². The fraction of sp³-hybridized carbons (Fsp3) is 0.269. The van der Waals surface area contributed by atoms with Crippen LogP contribution < -0.4 is 4.74 Å². The van der Waals surface area contributed by atoms with Gasteiger partial charge in [-0.2, -0.15) is 0 Å². The summed E-state index contributed by atoms with van der Waals surface area (Å²) in [6.07, 6.45) is 0.274. The van der Waals surface area contributed by atoms with Crippen molar-refractivity contribution in [2.24, 2.45) is 10.8 Å². The molecule has 3 atom stereocenters. The van der Waals surface area contributed by atoms with Crippen LogP contribution in [0.15, 0.2) is 60.7 Å². The zero-order valence-electron chi connectivity index (χ0n) is 17.7. The average Bonchev–Trinajstić information content (AvgIpc) is 3.45. The highest BCUT2D eigenvalue weighted by molar-refractivity contribution is 6.30. The lowest BCUT2D eigenvalue weighted by atomic mass is 9.83. The molecule has 1 aliphatic heterocycles. The van der Waals surface area contributed by atoms with E-state index in [-0.39, 0.29) is 18.8 Å². The maximum absolute atomic E-state index is 14.0.